The van der Waals surface area contributed by atoms with Crippen molar-refractivity contribution in [3.05, 3.63) is 48.0 Å². The molecule has 3 nitrogen and oxygen atoms in total. The number of hydrogen-bond acceptors (Lipinski definition) is 2. The van der Waals surface area contributed by atoms with Crippen LogP contribution in [0.2, 0.25) is 0 Å². The summed E-state index contributed by atoms with van der Waals surface area (Å²) in [5, 5.41) is 9.41. The first kappa shape index (κ1) is 10.0. The second-order valence-corrected chi connectivity index (χ2v) is 4.30. The van der Waals surface area contributed by atoms with Crippen molar-refractivity contribution >= 4 is 10.8 Å². The average Bonchev–Trinajstić information content (AvgIpc) is 2.74. The molecule has 0 saturated carbocycles. The minimum absolute atomic E-state index is 1.04. The lowest BCUT2D eigenvalue weighted by molar-refractivity contribution is 1.05. The van der Waals surface area contributed by atoms with Gasteiger partial charge in [-0.25, -0.2) is 0 Å². The molecule has 0 amide bonds. The number of hydrogen-bond donors (Lipinski definition) is 1. The zero-order valence-corrected chi connectivity index (χ0v) is 9.86. The molecule has 3 heteroatoms. The van der Waals surface area contributed by atoms with Crippen LogP contribution in [0.4, 0.5) is 0 Å². The van der Waals surface area contributed by atoms with Crippen molar-refractivity contribution in [3.8, 4) is 11.1 Å². The third-order valence-electron chi connectivity index (χ3n) is 3.00. The predicted molar refractivity (Wildman–Crippen MR) is 68.8 cm³/mol. The van der Waals surface area contributed by atoms with Gasteiger partial charge in [-0.2, -0.15) is 5.10 Å². The highest BCUT2D eigenvalue weighted by Gasteiger charge is 2.04. The van der Waals surface area contributed by atoms with Gasteiger partial charge in [-0.1, -0.05) is 12.1 Å². The number of aromatic amines is 1. The maximum atomic E-state index is 4.30. The van der Waals surface area contributed by atoms with Crippen LogP contribution in [0, 0.1) is 13.8 Å². The molecule has 1 aromatic carbocycles. The van der Waals surface area contributed by atoms with Gasteiger partial charge in [-0.05, 0) is 36.9 Å². The van der Waals surface area contributed by atoms with Crippen molar-refractivity contribution in [3.63, 3.8) is 0 Å². The zero-order valence-electron chi connectivity index (χ0n) is 9.86. The highest BCUT2D eigenvalue weighted by atomic mass is 15.1. The molecule has 3 rings (SSSR count). The molecule has 17 heavy (non-hydrogen) atoms. The Balaban J connectivity index is 2.22. The first-order chi connectivity index (χ1) is 8.24. The van der Waals surface area contributed by atoms with Crippen molar-refractivity contribution in [2.24, 2.45) is 0 Å². The molecule has 2 aromatic heterocycles. The summed E-state index contributed by atoms with van der Waals surface area (Å²) in [6.45, 7) is 4.04. The van der Waals surface area contributed by atoms with E-state index in [-0.39, 0.29) is 0 Å². The van der Waals surface area contributed by atoms with Crippen molar-refractivity contribution in [2.45, 2.75) is 13.8 Å². The van der Waals surface area contributed by atoms with E-state index in [1.165, 1.54) is 16.3 Å². The smallest absolute Gasteiger partial charge is 0.0568 e. The first-order valence-electron chi connectivity index (χ1n) is 5.61. The molecule has 0 aliphatic carbocycles. The molecule has 0 atom stereocenters. The Morgan fingerprint density at radius 3 is 2.65 bits per heavy atom. The monoisotopic (exact) mass is 223 g/mol. The van der Waals surface area contributed by atoms with Gasteiger partial charge in [0.05, 0.1) is 6.20 Å². The molecule has 0 radical (unpaired) electrons. The van der Waals surface area contributed by atoms with Crippen LogP contribution in [0.5, 0.6) is 0 Å². The zero-order chi connectivity index (χ0) is 11.8. The molecule has 0 aliphatic rings. The number of benzene rings is 1. The van der Waals surface area contributed by atoms with Gasteiger partial charge in [0.25, 0.3) is 0 Å². The summed E-state index contributed by atoms with van der Waals surface area (Å²) in [5.74, 6) is 0. The van der Waals surface area contributed by atoms with E-state index >= 15 is 0 Å². The molecular formula is C14H13N3. The fourth-order valence-corrected chi connectivity index (χ4v) is 2.06. The second kappa shape index (κ2) is 3.70. The summed E-state index contributed by atoms with van der Waals surface area (Å²) >= 11 is 0. The second-order valence-electron chi connectivity index (χ2n) is 4.30. The molecule has 1 N–H and O–H groups in total. The Morgan fingerprint density at radius 2 is 1.88 bits per heavy atom. The van der Waals surface area contributed by atoms with E-state index in [1.807, 2.05) is 26.2 Å². The fraction of sp³-hybridized carbons (Fsp3) is 0.143. The van der Waals surface area contributed by atoms with Gasteiger partial charge in [0, 0.05) is 28.5 Å². The van der Waals surface area contributed by atoms with Crippen molar-refractivity contribution in [1.82, 2.24) is 15.2 Å². The Morgan fingerprint density at radius 1 is 1.00 bits per heavy atom. The number of nitrogens with one attached hydrogen (secondary N) is 1. The lowest BCUT2D eigenvalue weighted by Gasteiger charge is -2.03. The summed E-state index contributed by atoms with van der Waals surface area (Å²) in [4.78, 5) is 4.30. The predicted octanol–water partition coefficient (Wildman–Crippen LogP) is 3.24. The Hall–Kier alpha value is -2.16. The summed E-state index contributed by atoms with van der Waals surface area (Å²) < 4.78 is 0. The summed E-state index contributed by atoms with van der Waals surface area (Å²) in [5.41, 5.74) is 4.48. The Labute approximate surface area is 99.5 Å². The maximum absolute atomic E-state index is 4.30. The molecule has 3 aromatic rings. The highest BCUT2D eigenvalue weighted by molar-refractivity contribution is 5.87. The number of aryl methyl sites for hydroxylation is 2. The molecule has 0 bridgehead atoms. The quantitative estimate of drug-likeness (QED) is 0.688. The van der Waals surface area contributed by atoms with E-state index in [1.54, 1.807) is 0 Å². The van der Waals surface area contributed by atoms with Crippen molar-refractivity contribution in [1.29, 1.82) is 0 Å². The van der Waals surface area contributed by atoms with Crippen LogP contribution in [0.1, 0.15) is 11.4 Å². The van der Waals surface area contributed by atoms with Crippen molar-refractivity contribution < 1.29 is 0 Å². The van der Waals surface area contributed by atoms with E-state index in [0.717, 1.165) is 17.0 Å². The third-order valence-corrected chi connectivity index (χ3v) is 3.00. The van der Waals surface area contributed by atoms with Gasteiger partial charge in [0.1, 0.15) is 0 Å². The Kier molecular flexibility index (Phi) is 2.18. The molecule has 0 saturated heterocycles. The molecule has 0 aliphatic heterocycles. The lowest BCUT2D eigenvalue weighted by atomic mass is 10.0. The van der Waals surface area contributed by atoms with Gasteiger partial charge >= 0.3 is 0 Å². The average molecular weight is 223 g/mol. The lowest BCUT2D eigenvalue weighted by Crippen LogP contribution is -1.83. The van der Waals surface area contributed by atoms with Crippen LogP contribution >= 0.6 is 0 Å². The number of rotatable bonds is 1. The van der Waals surface area contributed by atoms with Gasteiger partial charge in [-0.3, -0.25) is 10.1 Å². The summed E-state index contributed by atoms with van der Waals surface area (Å²) in [6.07, 6.45) is 3.78. The van der Waals surface area contributed by atoms with Gasteiger partial charge in [0.2, 0.25) is 0 Å². The molecule has 84 valence electrons. The number of H-pyrrole nitrogens is 1. The van der Waals surface area contributed by atoms with Crippen LogP contribution in [0.15, 0.2) is 36.7 Å². The minimum atomic E-state index is 1.04. The van der Waals surface area contributed by atoms with E-state index in [2.05, 4.69) is 39.4 Å². The number of nitrogens with zero attached hydrogens (tertiary/aromatic N) is 2. The minimum Gasteiger partial charge on any atom is -0.282 e. The molecule has 0 unspecified atom stereocenters. The summed E-state index contributed by atoms with van der Waals surface area (Å²) in [6, 6.07) is 8.50. The van der Waals surface area contributed by atoms with E-state index in [9.17, 15) is 0 Å². The molecule has 0 fully saturated rings. The van der Waals surface area contributed by atoms with Crippen LogP contribution < -0.4 is 0 Å². The third kappa shape index (κ3) is 1.69. The van der Waals surface area contributed by atoms with Crippen LogP contribution in [-0.2, 0) is 0 Å². The maximum Gasteiger partial charge on any atom is 0.0568 e. The van der Waals surface area contributed by atoms with Crippen molar-refractivity contribution in [2.75, 3.05) is 0 Å². The normalized spacial score (nSPS) is 10.9. The Bertz CT molecular complexity index is 683. The molecular weight excluding hydrogens is 210 g/mol. The first-order valence-corrected chi connectivity index (χ1v) is 5.61. The van der Waals surface area contributed by atoms with Crippen LogP contribution in [0.25, 0.3) is 21.9 Å². The summed E-state index contributed by atoms with van der Waals surface area (Å²) in [7, 11) is 0. The van der Waals surface area contributed by atoms with E-state index in [0.29, 0.717) is 0 Å². The van der Waals surface area contributed by atoms with Gasteiger partial charge in [0.15, 0.2) is 0 Å². The molecule has 0 spiro atoms. The van der Waals surface area contributed by atoms with Crippen LogP contribution in [0.3, 0.4) is 0 Å². The molecule has 2 heterocycles. The fourth-order valence-electron chi connectivity index (χ4n) is 2.06. The van der Waals surface area contributed by atoms with E-state index in [4.69, 9.17) is 0 Å². The van der Waals surface area contributed by atoms with Gasteiger partial charge in [-0.15, -0.1) is 0 Å². The number of pyridine rings is 1. The largest absolute Gasteiger partial charge is 0.282 e. The topological polar surface area (TPSA) is 41.6 Å². The number of fused-ring (bicyclic) bond motifs is 1. The standard InChI is InChI=1S/C14H13N3/c1-9-5-13-6-11(3-4-12(13)7-15-9)14-8-16-17-10(14)2/h3-8H,1-2H3,(H,16,17). The van der Waals surface area contributed by atoms with E-state index < -0.39 is 0 Å². The van der Waals surface area contributed by atoms with Crippen LogP contribution in [-0.4, -0.2) is 15.2 Å². The highest BCUT2D eigenvalue weighted by Crippen LogP contribution is 2.25. The van der Waals surface area contributed by atoms with Gasteiger partial charge < -0.3 is 0 Å². The SMILES string of the molecule is Cc1cc2cc(-c3cn[nH]c3C)ccc2cn1. The number of aromatic nitrogens is 3.